The number of hydrogen-bond acceptors (Lipinski definition) is 2. The summed E-state index contributed by atoms with van der Waals surface area (Å²) >= 11 is 6.14. The Morgan fingerprint density at radius 1 is 1.08 bits per heavy atom. The number of nitrogens with one attached hydrogen (secondary N) is 1. The number of urea groups is 1. The van der Waals surface area contributed by atoms with Gasteiger partial charge < -0.3 is 15.1 Å². The van der Waals surface area contributed by atoms with Gasteiger partial charge in [-0.1, -0.05) is 43.1 Å². The normalized spacial score (nSPS) is 14.4. The molecule has 1 aliphatic rings. The Morgan fingerprint density at radius 2 is 1.77 bits per heavy atom. The van der Waals surface area contributed by atoms with Gasteiger partial charge >= 0.3 is 6.03 Å². The predicted octanol–water partition coefficient (Wildman–Crippen LogP) is 4.96. The van der Waals surface area contributed by atoms with Crippen molar-refractivity contribution in [3.05, 3.63) is 58.6 Å². The molecule has 26 heavy (non-hydrogen) atoms. The van der Waals surface area contributed by atoms with Gasteiger partial charge in [-0.2, -0.15) is 0 Å². The van der Waals surface area contributed by atoms with Crippen LogP contribution in [-0.2, 0) is 6.42 Å². The van der Waals surface area contributed by atoms with E-state index in [-0.39, 0.29) is 6.03 Å². The van der Waals surface area contributed by atoms with E-state index in [9.17, 15) is 4.79 Å². The number of hydrogen-bond donors (Lipinski definition) is 1. The maximum atomic E-state index is 12.5. The second kappa shape index (κ2) is 8.45. The summed E-state index contributed by atoms with van der Waals surface area (Å²) in [5.41, 5.74) is 4.52. The molecule has 0 saturated carbocycles. The van der Waals surface area contributed by atoms with E-state index in [4.69, 9.17) is 11.6 Å². The highest BCUT2D eigenvalue weighted by Crippen LogP contribution is 2.25. The van der Waals surface area contributed by atoms with Crippen molar-refractivity contribution in [2.45, 2.75) is 26.7 Å². The maximum absolute atomic E-state index is 12.5. The van der Waals surface area contributed by atoms with Crippen LogP contribution in [-0.4, -0.2) is 37.1 Å². The number of nitrogens with zero attached hydrogens (tertiary/aromatic N) is 2. The quantitative estimate of drug-likeness (QED) is 0.824. The highest BCUT2D eigenvalue weighted by Gasteiger charge is 2.22. The molecule has 2 amide bonds. The molecule has 1 fully saturated rings. The van der Waals surface area contributed by atoms with Crippen LogP contribution in [0.1, 0.15) is 24.5 Å². The fraction of sp³-hybridized carbons (Fsp3) is 0.381. The van der Waals surface area contributed by atoms with E-state index in [0.29, 0.717) is 13.1 Å². The van der Waals surface area contributed by atoms with Crippen LogP contribution in [0, 0.1) is 6.92 Å². The summed E-state index contributed by atoms with van der Waals surface area (Å²) in [4.78, 5) is 16.7. The van der Waals surface area contributed by atoms with Crippen LogP contribution in [0.25, 0.3) is 0 Å². The van der Waals surface area contributed by atoms with E-state index < -0.39 is 0 Å². The van der Waals surface area contributed by atoms with Crippen molar-refractivity contribution in [3.8, 4) is 0 Å². The third-order valence-electron chi connectivity index (χ3n) is 4.82. The van der Waals surface area contributed by atoms with Crippen molar-refractivity contribution in [2.24, 2.45) is 0 Å². The molecule has 0 aromatic heterocycles. The van der Waals surface area contributed by atoms with Crippen molar-refractivity contribution in [1.82, 2.24) is 4.90 Å². The second-order valence-corrected chi connectivity index (χ2v) is 7.22. The number of rotatable bonds is 4. The zero-order valence-electron chi connectivity index (χ0n) is 15.5. The molecule has 3 rings (SSSR count). The Morgan fingerprint density at radius 3 is 2.42 bits per heavy atom. The number of piperazine rings is 1. The van der Waals surface area contributed by atoms with E-state index in [1.54, 1.807) is 0 Å². The summed E-state index contributed by atoms with van der Waals surface area (Å²) in [5, 5.41) is 3.75. The fourth-order valence-electron chi connectivity index (χ4n) is 3.32. The lowest BCUT2D eigenvalue weighted by atomic mass is 10.1. The van der Waals surface area contributed by atoms with Crippen molar-refractivity contribution in [3.63, 3.8) is 0 Å². The standard InChI is InChI=1S/C21H26ClN3O/c1-3-4-17-6-9-19(10-7-17)23-21(26)25-13-11-24(12-14-25)20-15-18(22)8-5-16(20)2/h5-10,15H,3-4,11-14H2,1-2H3,(H,23,26). The molecular formula is C21H26ClN3O. The Bertz CT molecular complexity index is 752. The SMILES string of the molecule is CCCc1ccc(NC(=O)N2CCN(c3cc(Cl)ccc3C)CC2)cc1. The lowest BCUT2D eigenvalue weighted by Crippen LogP contribution is -2.50. The number of aryl methyl sites for hydroxylation is 2. The van der Waals surface area contributed by atoms with Crippen molar-refractivity contribution in [1.29, 1.82) is 0 Å². The first-order valence-corrected chi connectivity index (χ1v) is 9.60. The molecule has 138 valence electrons. The van der Waals surface area contributed by atoms with Gasteiger partial charge in [0.05, 0.1) is 0 Å². The van der Waals surface area contributed by atoms with Crippen molar-refractivity contribution in [2.75, 3.05) is 36.4 Å². The lowest BCUT2D eigenvalue weighted by molar-refractivity contribution is 0.208. The smallest absolute Gasteiger partial charge is 0.321 e. The van der Waals surface area contributed by atoms with Gasteiger partial charge in [-0.3, -0.25) is 0 Å². The molecule has 0 aliphatic carbocycles. The molecule has 0 bridgehead atoms. The fourth-order valence-corrected chi connectivity index (χ4v) is 3.49. The molecule has 2 aromatic carbocycles. The van der Waals surface area contributed by atoms with E-state index in [2.05, 4.69) is 36.2 Å². The maximum Gasteiger partial charge on any atom is 0.321 e. The molecule has 0 unspecified atom stereocenters. The van der Waals surface area contributed by atoms with Gasteiger partial charge in [0.1, 0.15) is 0 Å². The summed E-state index contributed by atoms with van der Waals surface area (Å²) in [5.74, 6) is 0. The molecular weight excluding hydrogens is 346 g/mol. The number of carbonyl (C=O) groups is 1. The van der Waals surface area contributed by atoms with Crippen molar-refractivity contribution >= 4 is 29.0 Å². The molecule has 1 heterocycles. The minimum atomic E-state index is -0.0318. The average molecular weight is 372 g/mol. The number of halogens is 1. The Balaban J connectivity index is 1.55. The van der Waals surface area contributed by atoms with E-state index >= 15 is 0 Å². The van der Waals surface area contributed by atoms with E-state index in [1.807, 2.05) is 35.2 Å². The first kappa shape index (κ1) is 18.6. The third-order valence-corrected chi connectivity index (χ3v) is 5.06. The molecule has 4 nitrogen and oxygen atoms in total. The van der Waals surface area contributed by atoms with Crippen LogP contribution >= 0.6 is 11.6 Å². The summed E-state index contributed by atoms with van der Waals surface area (Å²) < 4.78 is 0. The van der Waals surface area contributed by atoms with Gasteiger partial charge in [0, 0.05) is 42.6 Å². The van der Waals surface area contributed by atoms with Gasteiger partial charge in [-0.05, 0) is 48.7 Å². The molecule has 0 radical (unpaired) electrons. The van der Waals surface area contributed by atoms with E-state index in [0.717, 1.165) is 42.3 Å². The summed E-state index contributed by atoms with van der Waals surface area (Å²) in [6, 6.07) is 14.1. The predicted molar refractivity (Wildman–Crippen MR) is 109 cm³/mol. The zero-order chi connectivity index (χ0) is 18.5. The van der Waals surface area contributed by atoms with Gasteiger partial charge in [0.25, 0.3) is 0 Å². The molecule has 2 aromatic rings. The minimum Gasteiger partial charge on any atom is -0.368 e. The van der Waals surface area contributed by atoms with Crippen molar-refractivity contribution < 1.29 is 4.79 Å². The second-order valence-electron chi connectivity index (χ2n) is 6.78. The highest BCUT2D eigenvalue weighted by molar-refractivity contribution is 6.30. The van der Waals surface area contributed by atoms with Crippen LogP contribution < -0.4 is 10.2 Å². The molecule has 1 saturated heterocycles. The molecule has 1 N–H and O–H groups in total. The van der Waals surface area contributed by atoms with Crippen LogP contribution in [0.3, 0.4) is 0 Å². The minimum absolute atomic E-state index is 0.0318. The van der Waals surface area contributed by atoms with Gasteiger partial charge in [0.2, 0.25) is 0 Å². The zero-order valence-corrected chi connectivity index (χ0v) is 16.2. The lowest BCUT2D eigenvalue weighted by Gasteiger charge is -2.36. The third kappa shape index (κ3) is 4.50. The number of benzene rings is 2. The number of amides is 2. The van der Waals surface area contributed by atoms with Crippen LogP contribution in [0.15, 0.2) is 42.5 Å². The Labute approximate surface area is 160 Å². The topological polar surface area (TPSA) is 35.6 Å². The van der Waals surface area contributed by atoms with Gasteiger partial charge in [0.15, 0.2) is 0 Å². The summed E-state index contributed by atoms with van der Waals surface area (Å²) in [6.45, 7) is 7.28. The van der Waals surface area contributed by atoms with E-state index in [1.165, 1.54) is 11.1 Å². The highest BCUT2D eigenvalue weighted by atomic mass is 35.5. The molecule has 5 heteroatoms. The van der Waals surface area contributed by atoms with Crippen LogP contribution in [0.5, 0.6) is 0 Å². The Kier molecular flexibility index (Phi) is 6.04. The average Bonchev–Trinajstić information content (AvgIpc) is 2.66. The first-order chi connectivity index (χ1) is 12.6. The Hall–Kier alpha value is -2.20. The monoisotopic (exact) mass is 371 g/mol. The summed E-state index contributed by atoms with van der Waals surface area (Å²) in [7, 11) is 0. The first-order valence-electron chi connectivity index (χ1n) is 9.23. The number of anilines is 2. The summed E-state index contributed by atoms with van der Waals surface area (Å²) in [6.07, 6.45) is 2.20. The largest absolute Gasteiger partial charge is 0.368 e. The van der Waals surface area contributed by atoms with Crippen LogP contribution in [0.4, 0.5) is 16.2 Å². The number of carbonyl (C=O) groups excluding carboxylic acids is 1. The van der Waals surface area contributed by atoms with Crippen LogP contribution in [0.2, 0.25) is 5.02 Å². The molecule has 0 spiro atoms. The van der Waals surface area contributed by atoms with Gasteiger partial charge in [-0.15, -0.1) is 0 Å². The van der Waals surface area contributed by atoms with Gasteiger partial charge in [-0.25, -0.2) is 4.79 Å². The molecule has 1 aliphatic heterocycles. The molecule has 0 atom stereocenters.